The fourth-order valence-electron chi connectivity index (χ4n) is 0.778. The summed E-state index contributed by atoms with van der Waals surface area (Å²) in [6.07, 6.45) is 4.86. The molecule has 0 aliphatic heterocycles. The minimum absolute atomic E-state index is 0.124. The Hall–Kier alpha value is -1.00. The van der Waals surface area contributed by atoms with Gasteiger partial charge in [0, 0.05) is 25.1 Å². The fraction of sp³-hybridized carbons (Fsp3) is 0.429. The van der Waals surface area contributed by atoms with Crippen molar-refractivity contribution >= 4 is 0 Å². The number of hydrogen-bond donors (Lipinski definition) is 1. The molecule has 11 heavy (non-hydrogen) atoms. The summed E-state index contributed by atoms with van der Waals surface area (Å²) >= 11 is 0. The summed E-state index contributed by atoms with van der Waals surface area (Å²) in [7, 11) is 1.61. The van der Waals surface area contributed by atoms with Gasteiger partial charge in [-0.1, -0.05) is 0 Å². The Balaban J connectivity index is 2.61. The zero-order chi connectivity index (χ0) is 8.10. The SMILES string of the molecule is COC[C@H](N)c1cncnc1. The van der Waals surface area contributed by atoms with Crippen molar-refractivity contribution in [2.45, 2.75) is 6.04 Å². The van der Waals surface area contributed by atoms with Crippen molar-refractivity contribution in [3.63, 3.8) is 0 Å². The van der Waals surface area contributed by atoms with E-state index in [1.807, 2.05) is 0 Å². The predicted molar refractivity (Wildman–Crippen MR) is 40.8 cm³/mol. The van der Waals surface area contributed by atoms with Gasteiger partial charge in [0.2, 0.25) is 0 Å². The molecular formula is C7H11N3O. The largest absolute Gasteiger partial charge is 0.383 e. The quantitative estimate of drug-likeness (QED) is 0.670. The first-order valence-electron chi connectivity index (χ1n) is 3.34. The average molecular weight is 153 g/mol. The van der Waals surface area contributed by atoms with Gasteiger partial charge in [0.05, 0.1) is 12.6 Å². The Morgan fingerprint density at radius 2 is 2.18 bits per heavy atom. The monoisotopic (exact) mass is 153 g/mol. The molecule has 4 nitrogen and oxygen atoms in total. The van der Waals surface area contributed by atoms with E-state index >= 15 is 0 Å². The zero-order valence-electron chi connectivity index (χ0n) is 6.40. The Morgan fingerprint density at radius 3 is 2.73 bits per heavy atom. The third-order valence-corrected chi connectivity index (χ3v) is 1.35. The highest BCUT2D eigenvalue weighted by Gasteiger charge is 2.03. The van der Waals surface area contributed by atoms with Crippen LogP contribution in [0.15, 0.2) is 18.7 Å². The second-order valence-electron chi connectivity index (χ2n) is 2.23. The van der Waals surface area contributed by atoms with Gasteiger partial charge in [0.1, 0.15) is 6.33 Å². The molecule has 0 fully saturated rings. The van der Waals surface area contributed by atoms with E-state index in [0.29, 0.717) is 6.61 Å². The van der Waals surface area contributed by atoms with Gasteiger partial charge in [-0.2, -0.15) is 0 Å². The van der Waals surface area contributed by atoms with Crippen molar-refractivity contribution in [1.29, 1.82) is 0 Å². The highest BCUT2D eigenvalue weighted by molar-refractivity contribution is 5.07. The molecule has 0 saturated carbocycles. The molecule has 0 aliphatic carbocycles. The van der Waals surface area contributed by atoms with E-state index in [1.54, 1.807) is 19.5 Å². The maximum atomic E-state index is 5.70. The number of rotatable bonds is 3. The van der Waals surface area contributed by atoms with Crippen LogP contribution in [-0.2, 0) is 4.74 Å². The van der Waals surface area contributed by atoms with Crippen LogP contribution in [0, 0.1) is 0 Å². The molecule has 1 aromatic rings. The first-order chi connectivity index (χ1) is 5.34. The minimum atomic E-state index is -0.124. The molecule has 0 amide bonds. The Bertz CT molecular complexity index is 202. The third kappa shape index (κ3) is 2.25. The topological polar surface area (TPSA) is 61.0 Å². The van der Waals surface area contributed by atoms with Crippen molar-refractivity contribution in [3.8, 4) is 0 Å². The van der Waals surface area contributed by atoms with Crippen molar-refractivity contribution in [2.24, 2.45) is 5.73 Å². The van der Waals surface area contributed by atoms with Gasteiger partial charge < -0.3 is 10.5 Å². The Morgan fingerprint density at radius 1 is 1.55 bits per heavy atom. The summed E-state index contributed by atoms with van der Waals surface area (Å²) in [5.41, 5.74) is 6.60. The molecule has 4 heteroatoms. The van der Waals surface area contributed by atoms with Gasteiger partial charge >= 0.3 is 0 Å². The normalized spacial score (nSPS) is 12.9. The molecular weight excluding hydrogens is 142 g/mol. The lowest BCUT2D eigenvalue weighted by Gasteiger charge is -2.08. The second kappa shape index (κ2) is 4.00. The van der Waals surface area contributed by atoms with E-state index in [-0.39, 0.29) is 6.04 Å². The molecule has 1 heterocycles. The van der Waals surface area contributed by atoms with Gasteiger partial charge in [0.15, 0.2) is 0 Å². The van der Waals surface area contributed by atoms with Crippen LogP contribution >= 0.6 is 0 Å². The van der Waals surface area contributed by atoms with Crippen LogP contribution in [0.4, 0.5) is 0 Å². The Kier molecular flexibility index (Phi) is 2.95. The standard InChI is InChI=1S/C7H11N3O/c1-11-4-7(8)6-2-9-5-10-3-6/h2-3,5,7H,4,8H2,1H3/t7-/m0/s1. The molecule has 0 saturated heterocycles. The molecule has 0 unspecified atom stereocenters. The summed E-state index contributed by atoms with van der Waals surface area (Å²) in [4.78, 5) is 7.68. The summed E-state index contributed by atoms with van der Waals surface area (Å²) < 4.78 is 4.88. The second-order valence-corrected chi connectivity index (χ2v) is 2.23. The van der Waals surface area contributed by atoms with Crippen LogP contribution in [0.25, 0.3) is 0 Å². The van der Waals surface area contributed by atoms with Crippen molar-refractivity contribution in [1.82, 2.24) is 9.97 Å². The van der Waals surface area contributed by atoms with Gasteiger partial charge in [-0.3, -0.25) is 0 Å². The van der Waals surface area contributed by atoms with Crippen LogP contribution < -0.4 is 5.73 Å². The van der Waals surface area contributed by atoms with Crippen molar-refractivity contribution < 1.29 is 4.74 Å². The molecule has 2 N–H and O–H groups in total. The maximum absolute atomic E-state index is 5.70. The van der Waals surface area contributed by atoms with E-state index in [0.717, 1.165) is 5.56 Å². The average Bonchev–Trinajstić information content (AvgIpc) is 2.07. The first-order valence-corrected chi connectivity index (χ1v) is 3.34. The van der Waals surface area contributed by atoms with Gasteiger partial charge in [-0.15, -0.1) is 0 Å². The lowest BCUT2D eigenvalue weighted by molar-refractivity contribution is 0.180. The molecule has 60 valence electrons. The molecule has 1 atom stereocenters. The van der Waals surface area contributed by atoms with Crippen LogP contribution in [0.2, 0.25) is 0 Å². The lowest BCUT2D eigenvalue weighted by atomic mass is 10.2. The lowest BCUT2D eigenvalue weighted by Crippen LogP contribution is -2.16. The smallest absolute Gasteiger partial charge is 0.115 e. The summed E-state index contributed by atoms with van der Waals surface area (Å²) in [5.74, 6) is 0. The van der Waals surface area contributed by atoms with E-state index in [1.165, 1.54) is 6.33 Å². The summed E-state index contributed by atoms with van der Waals surface area (Å²) in [6.45, 7) is 0.493. The van der Waals surface area contributed by atoms with Crippen LogP contribution in [0.1, 0.15) is 11.6 Å². The van der Waals surface area contributed by atoms with Crippen LogP contribution in [0.3, 0.4) is 0 Å². The zero-order valence-corrected chi connectivity index (χ0v) is 6.40. The van der Waals surface area contributed by atoms with Crippen molar-refractivity contribution in [2.75, 3.05) is 13.7 Å². The van der Waals surface area contributed by atoms with E-state index in [2.05, 4.69) is 9.97 Å². The third-order valence-electron chi connectivity index (χ3n) is 1.35. The predicted octanol–water partition coefficient (Wildman–Crippen LogP) is 0.123. The molecule has 0 aliphatic rings. The number of nitrogens with two attached hydrogens (primary N) is 1. The molecule has 0 aromatic carbocycles. The molecule has 1 aromatic heterocycles. The van der Waals surface area contributed by atoms with Crippen molar-refractivity contribution in [3.05, 3.63) is 24.3 Å². The fourth-order valence-corrected chi connectivity index (χ4v) is 0.778. The summed E-state index contributed by atoms with van der Waals surface area (Å²) in [6, 6.07) is -0.124. The van der Waals surface area contributed by atoms with Gasteiger partial charge in [0.25, 0.3) is 0 Å². The molecule has 1 rings (SSSR count). The maximum Gasteiger partial charge on any atom is 0.115 e. The van der Waals surface area contributed by atoms with Gasteiger partial charge in [-0.05, 0) is 0 Å². The number of nitrogens with zero attached hydrogens (tertiary/aromatic N) is 2. The minimum Gasteiger partial charge on any atom is -0.383 e. The van der Waals surface area contributed by atoms with Crippen LogP contribution in [-0.4, -0.2) is 23.7 Å². The molecule has 0 bridgehead atoms. The van der Waals surface area contributed by atoms with Crippen LogP contribution in [0.5, 0.6) is 0 Å². The number of aromatic nitrogens is 2. The number of hydrogen-bond acceptors (Lipinski definition) is 4. The van der Waals surface area contributed by atoms with E-state index < -0.39 is 0 Å². The number of methoxy groups -OCH3 is 1. The highest BCUT2D eigenvalue weighted by atomic mass is 16.5. The molecule has 0 spiro atoms. The molecule has 0 radical (unpaired) electrons. The Labute approximate surface area is 65.4 Å². The van der Waals surface area contributed by atoms with E-state index in [9.17, 15) is 0 Å². The first kappa shape index (κ1) is 8.10. The highest BCUT2D eigenvalue weighted by Crippen LogP contribution is 2.05. The number of ether oxygens (including phenoxy) is 1. The van der Waals surface area contributed by atoms with Gasteiger partial charge in [-0.25, -0.2) is 9.97 Å². The van der Waals surface area contributed by atoms with E-state index in [4.69, 9.17) is 10.5 Å². The summed E-state index contributed by atoms with van der Waals surface area (Å²) in [5, 5.41) is 0.